The van der Waals surface area contributed by atoms with Crippen molar-refractivity contribution in [1.82, 2.24) is 0 Å². The normalized spacial score (nSPS) is 19.6. The van der Waals surface area contributed by atoms with Crippen molar-refractivity contribution in [3.8, 4) is 5.75 Å². The van der Waals surface area contributed by atoms with Crippen molar-refractivity contribution in [1.29, 1.82) is 0 Å². The molecular weight excluding hydrogens is 365 g/mol. The first-order valence-electron chi connectivity index (χ1n) is 10.0. The summed E-state index contributed by atoms with van der Waals surface area (Å²) in [4.78, 5) is 0. The number of hydrogen-bond acceptors (Lipinski definition) is 2. The fourth-order valence-corrected chi connectivity index (χ4v) is 3.85. The molecule has 0 atom stereocenters. The smallest absolute Gasteiger partial charge is 0.200 e. The molecular formula is C23H27F3O2. The Morgan fingerprint density at radius 2 is 1.68 bits per heavy atom. The molecule has 0 unspecified atom stereocenters. The lowest BCUT2D eigenvalue weighted by atomic mass is 9.82. The van der Waals surface area contributed by atoms with E-state index in [0.29, 0.717) is 30.8 Å². The summed E-state index contributed by atoms with van der Waals surface area (Å²) in [6.45, 7) is 4.32. The summed E-state index contributed by atoms with van der Waals surface area (Å²) in [6.07, 6.45) is 3.74. The van der Waals surface area contributed by atoms with Gasteiger partial charge in [-0.25, -0.2) is 8.78 Å². The monoisotopic (exact) mass is 392 g/mol. The van der Waals surface area contributed by atoms with Gasteiger partial charge in [0.1, 0.15) is 5.82 Å². The molecule has 0 saturated heterocycles. The van der Waals surface area contributed by atoms with Gasteiger partial charge in [-0.15, -0.1) is 0 Å². The molecule has 0 N–H and O–H groups in total. The van der Waals surface area contributed by atoms with Gasteiger partial charge < -0.3 is 9.47 Å². The predicted molar refractivity (Wildman–Crippen MR) is 103 cm³/mol. The molecule has 5 heteroatoms. The zero-order chi connectivity index (χ0) is 20.1. The molecule has 3 rings (SSSR count). The van der Waals surface area contributed by atoms with E-state index in [0.717, 1.165) is 31.2 Å². The molecule has 0 aromatic heterocycles. The van der Waals surface area contributed by atoms with Gasteiger partial charge in [0.2, 0.25) is 5.82 Å². The Bertz CT molecular complexity index is 799. The highest BCUT2D eigenvalue weighted by Crippen LogP contribution is 2.37. The molecule has 0 aliphatic heterocycles. The van der Waals surface area contributed by atoms with Gasteiger partial charge in [-0.05, 0) is 73.8 Å². The fraction of sp³-hybridized carbons (Fsp3) is 0.478. The summed E-state index contributed by atoms with van der Waals surface area (Å²) >= 11 is 0. The van der Waals surface area contributed by atoms with Gasteiger partial charge in [0.05, 0.1) is 19.3 Å². The zero-order valence-corrected chi connectivity index (χ0v) is 16.4. The highest BCUT2D eigenvalue weighted by Gasteiger charge is 2.27. The van der Waals surface area contributed by atoms with E-state index >= 15 is 0 Å². The Morgan fingerprint density at radius 3 is 2.32 bits per heavy atom. The topological polar surface area (TPSA) is 18.5 Å². The third-order valence-electron chi connectivity index (χ3n) is 5.47. The summed E-state index contributed by atoms with van der Waals surface area (Å²) in [5, 5.41) is 0. The molecule has 0 spiro atoms. The van der Waals surface area contributed by atoms with Crippen LogP contribution in [-0.4, -0.2) is 12.7 Å². The van der Waals surface area contributed by atoms with Crippen molar-refractivity contribution in [3.05, 3.63) is 64.5 Å². The molecule has 1 aliphatic carbocycles. The molecule has 0 radical (unpaired) electrons. The van der Waals surface area contributed by atoms with E-state index in [4.69, 9.17) is 9.47 Å². The van der Waals surface area contributed by atoms with E-state index in [1.165, 1.54) is 12.1 Å². The predicted octanol–water partition coefficient (Wildman–Crippen LogP) is 6.31. The highest BCUT2D eigenvalue weighted by molar-refractivity contribution is 5.33. The zero-order valence-electron chi connectivity index (χ0n) is 16.4. The summed E-state index contributed by atoms with van der Waals surface area (Å²) < 4.78 is 53.5. The number of rotatable bonds is 7. The molecule has 1 saturated carbocycles. The second-order valence-electron chi connectivity index (χ2n) is 7.28. The summed E-state index contributed by atoms with van der Waals surface area (Å²) in [5.74, 6) is -1.97. The SMILES string of the molecule is CCOc1ccc(C2CCC(OCc3ccc(CC)c(F)c3)CC2)c(F)c1F. The fourth-order valence-electron chi connectivity index (χ4n) is 3.85. The molecule has 2 aromatic carbocycles. The maximum Gasteiger partial charge on any atom is 0.200 e. The number of benzene rings is 2. The quantitative estimate of drug-likeness (QED) is 0.550. The van der Waals surface area contributed by atoms with Crippen LogP contribution in [0, 0.1) is 17.5 Å². The van der Waals surface area contributed by atoms with Crippen LogP contribution in [0.5, 0.6) is 5.75 Å². The van der Waals surface area contributed by atoms with E-state index in [1.807, 2.05) is 13.0 Å². The van der Waals surface area contributed by atoms with E-state index < -0.39 is 11.6 Å². The van der Waals surface area contributed by atoms with Crippen molar-refractivity contribution in [2.75, 3.05) is 6.61 Å². The van der Waals surface area contributed by atoms with E-state index in [-0.39, 0.29) is 23.6 Å². The van der Waals surface area contributed by atoms with Gasteiger partial charge in [-0.2, -0.15) is 4.39 Å². The minimum absolute atomic E-state index is 0.0219. The molecule has 2 nitrogen and oxygen atoms in total. The van der Waals surface area contributed by atoms with E-state index in [2.05, 4.69) is 0 Å². The third-order valence-corrected chi connectivity index (χ3v) is 5.47. The van der Waals surface area contributed by atoms with Crippen molar-refractivity contribution < 1.29 is 22.6 Å². The molecule has 28 heavy (non-hydrogen) atoms. The van der Waals surface area contributed by atoms with Gasteiger partial charge in [0.25, 0.3) is 0 Å². The van der Waals surface area contributed by atoms with Crippen LogP contribution in [0.15, 0.2) is 30.3 Å². The Kier molecular flexibility index (Phi) is 7.00. The molecule has 1 aliphatic rings. The summed E-state index contributed by atoms with van der Waals surface area (Å²) in [6, 6.07) is 8.37. The van der Waals surface area contributed by atoms with Crippen LogP contribution >= 0.6 is 0 Å². The van der Waals surface area contributed by atoms with Crippen LogP contribution in [0.4, 0.5) is 13.2 Å². The van der Waals surface area contributed by atoms with Gasteiger partial charge >= 0.3 is 0 Å². The standard InChI is InChI=1S/C23H27F3O2/c1-3-16-6-5-15(13-20(16)24)14-28-18-9-7-17(8-10-18)19-11-12-21(27-4-2)23(26)22(19)25/h5-6,11-13,17-18H,3-4,7-10,14H2,1-2H3. The molecule has 2 aromatic rings. The lowest BCUT2D eigenvalue weighted by Gasteiger charge is -2.29. The maximum atomic E-state index is 14.4. The van der Waals surface area contributed by atoms with Crippen molar-refractivity contribution in [2.24, 2.45) is 0 Å². The number of aryl methyl sites for hydroxylation is 1. The van der Waals surface area contributed by atoms with Crippen LogP contribution in [0.1, 0.15) is 62.1 Å². The number of halogens is 3. The van der Waals surface area contributed by atoms with Crippen molar-refractivity contribution in [3.63, 3.8) is 0 Å². The first-order chi connectivity index (χ1) is 13.5. The van der Waals surface area contributed by atoms with Crippen molar-refractivity contribution >= 4 is 0 Å². The molecule has 152 valence electrons. The third kappa shape index (κ3) is 4.69. The Morgan fingerprint density at radius 1 is 0.929 bits per heavy atom. The maximum absolute atomic E-state index is 14.4. The minimum atomic E-state index is -0.907. The number of hydrogen-bond donors (Lipinski definition) is 0. The van der Waals surface area contributed by atoms with E-state index in [1.54, 1.807) is 19.1 Å². The van der Waals surface area contributed by atoms with Gasteiger partial charge in [-0.3, -0.25) is 0 Å². The first-order valence-corrected chi connectivity index (χ1v) is 10.0. The largest absolute Gasteiger partial charge is 0.491 e. The molecule has 0 amide bonds. The lowest BCUT2D eigenvalue weighted by Crippen LogP contribution is -2.21. The second-order valence-corrected chi connectivity index (χ2v) is 7.28. The summed E-state index contributed by atoms with van der Waals surface area (Å²) in [5.41, 5.74) is 1.93. The summed E-state index contributed by atoms with van der Waals surface area (Å²) in [7, 11) is 0. The molecule has 0 bridgehead atoms. The molecule has 0 heterocycles. The van der Waals surface area contributed by atoms with E-state index in [9.17, 15) is 13.2 Å². The van der Waals surface area contributed by atoms with Crippen LogP contribution in [-0.2, 0) is 17.8 Å². The minimum Gasteiger partial charge on any atom is -0.491 e. The van der Waals surface area contributed by atoms with Gasteiger partial charge in [-0.1, -0.05) is 25.1 Å². The lowest BCUT2D eigenvalue weighted by molar-refractivity contribution is 0.0130. The Balaban J connectivity index is 1.55. The highest BCUT2D eigenvalue weighted by atomic mass is 19.2. The Hall–Kier alpha value is -2.01. The van der Waals surface area contributed by atoms with Crippen molar-refractivity contribution in [2.45, 2.75) is 64.6 Å². The number of ether oxygens (including phenoxy) is 2. The molecule has 1 fully saturated rings. The van der Waals surface area contributed by atoms with Gasteiger partial charge in [0, 0.05) is 0 Å². The average molecular weight is 392 g/mol. The van der Waals surface area contributed by atoms with Crippen LogP contribution in [0.25, 0.3) is 0 Å². The second kappa shape index (κ2) is 9.46. The van der Waals surface area contributed by atoms with Crippen LogP contribution < -0.4 is 4.74 Å². The first kappa shape index (κ1) is 20.7. The van der Waals surface area contributed by atoms with Gasteiger partial charge in [0.15, 0.2) is 11.6 Å². The van der Waals surface area contributed by atoms with Crippen LogP contribution in [0.2, 0.25) is 0 Å². The average Bonchev–Trinajstić information content (AvgIpc) is 2.71. The van der Waals surface area contributed by atoms with Crippen LogP contribution in [0.3, 0.4) is 0 Å². The Labute approximate surface area is 164 Å².